The van der Waals surface area contributed by atoms with Crippen LogP contribution >= 0.6 is 22.7 Å². The molecule has 3 aromatic heterocycles. The molecule has 0 aliphatic carbocycles. The minimum Gasteiger partial charge on any atom is -0.208 e. The summed E-state index contributed by atoms with van der Waals surface area (Å²) in [5.74, 6) is 2.00. The zero-order chi connectivity index (χ0) is 39.3. The lowest BCUT2D eigenvalue weighted by atomic mass is 9.87. The highest BCUT2D eigenvalue weighted by molar-refractivity contribution is 7.26. The van der Waals surface area contributed by atoms with Crippen LogP contribution in [0.15, 0.2) is 188 Å². The molecule has 5 heteroatoms. The number of hydrogen-bond acceptors (Lipinski definition) is 5. The molecule has 0 amide bonds. The first-order valence-electron chi connectivity index (χ1n) is 20.2. The van der Waals surface area contributed by atoms with E-state index in [-0.39, 0.29) is 0 Å². The lowest BCUT2D eigenvalue weighted by molar-refractivity contribution is 1.08. The lowest BCUT2D eigenvalue weighted by Crippen LogP contribution is -2.00. The quantitative estimate of drug-likeness (QED) is 0.167. The fourth-order valence-corrected chi connectivity index (χ4v) is 11.8. The molecule has 13 aromatic rings. The lowest BCUT2D eigenvalue weighted by Gasteiger charge is -2.16. The average molecular weight is 798 g/mol. The van der Waals surface area contributed by atoms with Crippen LogP contribution in [0.3, 0.4) is 0 Å². The van der Waals surface area contributed by atoms with Crippen LogP contribution in [-0.2, 0) is 0 Å². The van der Waals surface area contributed by atoms with Crippen molar-refractivity contribution in [1.82, 2.24) is 15.0 Å². The molecule has 60 heavy (non-hydrogen) atoms. The van der Waals surface area contributed by atoms with E-state index in [1.54, 1.807) is 22.7 Å². The molecule has 0 saturated heterocycles. The van der Waals surface area contributed by atoms with Crippen molar-refractivity contribution in [2.24, 2.45) is 0 Å². The summed E-state index contributed by atoms with van der Waals surface area (Å²) in [4.78, 5) is 15.9. The first-order valence-corrected chi connectivity index (χ1v) is 21.8. The number of aromatic nitrogens is 3. The SMILES string of the molecule is c1ccc2c(c1)sc1c(-c3nc(-c4ccc(-c5cc6c7ccccc7c7ccccc7c6c6ccccc56)cc4)nc(-c4cccc5c4sc4ccccc45)n3)cccc12. The molecule has 0 spiro atoms. The Bertz CT molecular complexity index is 3770. The normalized spacial score (nSPS) is 12.0. The van der Waals surface area contributed by atoms with E-state index in [4.69, 9.17) is 15.0 Å². The first kappa shape index (κ1) is 33.6. The van der Waals surface area contributed by atoms with Gasteiger partial charge in [0.25, 0.3) is 0 Å². The summed E-state index contributed by atoms with van der Waals surface area (Å²) in [6.07, 6.45) is 0. The molecule has 0 N–H and O–H groups in total. The molecule has 0 atom stereocenters. The summed E-state index contributed by atoms with van der Waals surface area (Å²) >= 11 is 3.59. The van der Waals surface area contributed by atoms with E-state index < -0.39 is 0 Å². The van der Waals surface area contributed by atoms with Crippen molar-refractivity contribution >= 4 is 106 Å². The van der Waals surface area contributed by atoms with Gasteiger partial charge in [0.2, 0.25) is 0 Å². The summed E-state index contributed by atoms with van der Waals surface area (Å²) < 4.78 is 4.87. The minimum atomic E-state index is 0.651. The van der Waals surface area contributed by atoms with Crippen LogP contribution in [0.2, 0.25) is 0 Å². The van der Waals surface area contributed by atoms with Crippen molar-refractivity contribution < 1.29 is 0 Å². The Labute approximate surface area is 352 Å². The zero-order valence-corrected chi connectivity index (χ0v) is 33.7. The molecule has 0 fully saturated rings. The van der Waals surface area contributed by atoms with Crippen LogP contribution in [-0.4, -0.2) is 15.0 Å². The van der Waals surface area contributed by atoms with Gasteiger partial charge >= 0.3 is 0 Å². The van der Waals surface area contributed by atoms with Crippen molar-refractivity contribution in [1.29, 1.82) is 0 Å². The Balaban J connectivity index is 1.02. The topological polar surface area (TPSA) is 38.7 Å². The molecule has 13 rings (SSSR count). The Morgan fingerprint density at radius 1 is 0.267 bits per heavy atom. The van der Waals surface area contributed by atoms with Crippen LogP contribution in [0.4, 0.5) is 0 Å². The van der Waals surface area contributed by atoms with Crippen LogP contribution in [0.5, 0.6) is 0 Å². The predicted molar refractivity (Wildman–Crippen MR) is 257 cm³/mol. The summed E-state index contributed by atoms with van der Waals surface area (Å²) in [5.41, 5.74) is 5.32. The zero-order valence-electron chi connectivity index (χ0n) is 32.1. The van der Waals surface area contributed by atoms with E-state index in [1.165, 1.54) is 89.0 Å². The fourth-order valence-electron chi connectivity index (χ4n) is 9.40. The number of rotatable bonds is 4. The van der Waals surface area contributed by atoms with Gasteiger partial charge in [-0.25, -0.2) is 15.0 Å². The van der Waals surface area contributed by atoms with Crippen molar-refractivity contribution in [2.75, 3.05) is 0 Å². The van der Waals surface area contributed by atoms with Gasteiger partial charge < -0.3 is 0 Å². The van der Waals surface area contributed by atoms with Gasteiger partial charge in [-0.15, -0.1) is 22.7 Å². The molecule has 0 aliphatic rings. The third-order valence-corrected chi connectivity index (χ3v) is 14.6. The van der Waals surface area contributed by atoms with Gasteiger partial charge in [-0.05, 0) is 84.5 Å². The maximum atomic E-state index is 5.31. The largest absolute Gasteiger partial charge is 0.208 e. The van der Waals surface area contributed by atoms with E-state index in [0.29, 0.717) is 17.5 Å². The summed E-state index contributed by atoms with van der Waals surface area (Å²) in [7, 11) is 0. The second-order valence-electron chi connectivity index (χ2n) is 15.4. The van der Waals surface area contributed by atoms with Gasteiger partial charge in [0.05, 0.1) is 0 Å². The number of thiophene rings is 2. The Hall–Kier alpha value is -7.31. The number of fused-ring (bicyclic) bond motifs is 14. The summed E-state index contributed by atoms with van der Waals surface area (Å²) in [6, 6.07) is 67.9. The van der Waals surface area contributed by atoms with E-state index >= 15 is 0 Å². The molecule has 0 bridgehead atoms. The van der Waals surface area contributed by atoms with Crippen LogP contribution in [0.1, 0.15) is 0 Å². The van der Waals surface area contributed by atoms with Crippen molar-refractivity contribution in [2.45, 2.75) is 0 Å². The highest BCUT2D eigenvalue weighted by Gasteiger charge is 2.20. The van der Waals surface area contributed by atoms with Crippen LogP contribution in [0.25, 0.3) is 129 Å². The fraction of sp³-hybridized carbons (Fsp3) is 0. The molecular formula is C55H31N3S2. The van der Waals surface area contributed by atoms with Gasteiger partial charge in [0.1, 0.15) is 0 Å². The van der Waals surface area contributed by atoms with Gasteiger partial charge in [0.15, 0.2) is 17.5 Å². The smallest absolute Gasteiger partial charge is 0.165 e. The molecule has 278 valence electrons. The highest BCUT2D eigenvalue weighted by atomic mass is 32.1. The average Bonchev–Trinajstić information content (AvgIpc) is 3.90. The van der Waals surface area contributed by atoms with Gasteiger partial charge in [-0.1, -0.05) is 158 Å². The van der Waals surface area contributed by atoms with E-state index in [1.807, 2.05) is 0 Å². The first-order chi connectivity index (χ1) is 29.7. The van der Waals surface area contributed by atoms with Crippen LogP contribution in [0, 0.1) is 0 Å². The minimum absolute atomic E-state index is 0.651. The van der Waals surface area contributed by atoms with Gasteiger partial charge in [-0.2, -0.15) is 0 Å². The van der Waals surface area contributed by atoms with E-state index in [0.717, 1.165) is 22.3 Å². The Morgan fingerprint density at radius 3 is 1.23 bits per heavy atom. The summed E-state index contributed by atoms with van der Waals surface area (Å²) in [6.45, 7) is 0. The van der Waals surface area contributed by atoms with Crippen molar-refractivity contribution in [3.05, 3.63) is 188 Å². The molecule has 3 nitrogen and oxygen atoms in total. The molecule has 0 unspecified atom stereocenters. The second-order valence-corrected chi connectivity index (χ2v) is 17.5. The third kappa shape index (κ3) is 5.03. The number of benzene rings is 10. The van der Waals surface area contributed by atoms with Gasteiger partial charge in [-0.3, -0.25) is 0 Å². The molecule has 3 heterocycles. The summed E-state index contributed by atoms with van der Waals surface area (Å²) in [5, 5.41) is 15.1. The maximum Gasteiger partial charge on any atom is 0.165 e. The molecule has 0 radical (unpaired) electrons. The standard InChI is InChI=1S/C55H31N3S2/c1-2-15-36-34(13-1)35-14-3-5-19-40(35)50-41-20-6-4-16-37(41)46(31-47(36)50)32-27-29-33(30-28-32)53-56-54(44-23-11-21-42-38-17-7-9-25-48(38)59-51(42)44)58-55(57-53)45-24-12-22-43-39-18-8-10-26-49(39)60-52(43)45/h1-31H. The van der Waals surface area contributed by atoms with Crippen molar-refractivity contribution in [3.8, 4) is 45.3 Å². The van der Waals surface area contributed by atoms with Crippen molar-refractivity contribution in [3.63, 3.8) is 0 Å². The molecule has 0 aliphatic heterocycles. The second kappa shape index (κ2) is 13.1. The number of nitrogens with zero attached hydrogens (tertiary/aromatic N) is 3. The maximum absolute atomic E-state index is 5.31. The molecule has 0 saturated carbocycles. The van der Waals surface area contributed by atoms with Gasteiger partial charge in [0, 0.05) is 57.0 Å². The number of hydrogen-bond donors (Lipinski definition) is 0. The monoisotopic (exact) mass is 797 g/mol. The Morgan fingerprint density at radius 2 is 0.667 bits per heavy atom. The predicted octanol–water partition coefficient (Wildman–Crippen LogP) is 15.9. The highest BCUT2D eigenvalue weighted by Crippen LogP contribution is 2.45. The molecular weight excluding hydrogens is 767 g/mol. The Kier molecular flexibility index (Phi) is 7.35. The van der Waals surface area contributed by atoms with E-state index in [2.05, 4.69) is 188 Å². The molecule has 10 aromatic carbocycles. The van der Waals surface area contributed by atoms with Crippen LogP contribution < -0.4 is 0 Å². The third-order valence-electron chi connectivity index (χ3n) is 12.1. The van der Waals surface area contributed by atoms with E-state index in [9.17, 15) is 0 Å².